The molecule has 0 saturated heterocycles. The number of aromatic nitrogens is 1. The number of hydrogen-bond donors (Lipinski definition) is 2. The first-order valence-corrected chi connectivity index (χ1v) is 9.53. The minimum atomic E-state index is -1.63. The highest BCUT2D eigenvalue weighted by molar-refractivity contribution is 6.42. The number of ketones is 1. The van der Waals surface area contributed by atoms with Crippen LogP contribution in [0.3, 0.4) is 0 Å². The monoisotopic (exact) mass is 421 g/mol. The predicted octanol–water partition coefficient (Wildman–Crippen LogP) is 3.59. The van der Waals surface area contributed by atoms with E-state index in [9.17, 15) is 27.6 Å². The standard InChI is InChI=1S/C21H22F3N3O3/c1-21(2,3)26-20(30)18(28)16-10-12(15-6-4-5-7-27(15)16)19(29)25-11-8-13(22)17(24)14(23)9-11/h8-10H,4-7H2,1-3H3,(H,25,29)(H,26,30). The first kappa shape index (κ1) is 21.6. The summed E-state index contributed by atoms with van der Waals surface area (Å²) in [5.74, 6) is -6.76. The van der Waals surface area contributed by atoms with E-state index in [4.69, 9.17) is 0 Å². The first-order valence-electron chi connectivity index (χ1n) is 9.53. The van der Waals surface area contributed by atoms with Crippen molar-refractivity contribution in [1.29, 1.82) is 0 Å². The molecule has 0 fully saturated rings. The van der Waals surface area contributed by atoms with Gasteiger partial charge in [-0.1, -0.05) is 0 Å². The Morgan fingerprint density at radius 3 is 2.23 bits per heavy atom. The Hall–Kier alpha value is -3.10. The first-order chi connectivity index (χ1) is 14.0. The number of anilines is 1. The third-order valence-electron chi connectivity index (χ3n) is 4.67. The molecule has 30 heavy (non-hydrogen) atoms. The van der Waals surface area contributed by atoms with Gasteiger partial charge in [0.25, 0.3) is 17.6 Å². The molecule has 160 valence electrons. The molecule has 1 aromatic heterocycles. The summed E-state index contributed by atoms with van der Waals surface area (Å²) in [4.78, 5) is 37.8. The summed E-state index contributed by atoms with van der Waals surface area (Å²) in [6.45, 7) is 5.69. The molecule has 0 spiro atoms. The lowest BCUT2D eigenvalue weighted by atomic mass is 10.1. The summed E-state index contributed by atoms with van der Waals surface area (Å²) in [5.41, 5.74) is -0.0971. The molecule has 2 N–H and O–H groups in total. The van der Waals surface area contributed by atoms with Crippen molar-refractivity contribution in [1.82, 2.24) is 9.88 Å². The Kier molecular flexibility index (Phi) is 5.74. The van der Waals surface area contributed by atoms with Crippen LogP contribution in [-0.2, 0) is 17.8 Å². The maximum absolute atomic E-state index is 13.4. The largest absolute Gasteiger partial charge is 0.345 e. The van der Waals surface area contributed by atoms with Crippen molar-refractivity contribution in [2.24, 2.45) is 0 Å². The molecule has 0 unspecified atom stereocenters. The molecule has 0 aliphatic carbocycles. The Balaban J connectivity index is 1.93. The molecular weight excluding hydrogens is 399 g/mol. The summed E-state index contributed by atoms with van der Waals surface area (Å²) in [7, 11) is 0. The Morgan fingerprint density at radius 2 is 1.63 bits per heavy atom. The minimum absolute atomic E-state index is 0.0769. The molecule has 2 heterocycles. The zero-order valence-corrected chi connectivity index (χ0v) is 16.9. The van der Waals surface area contributed by atoms with Crippen molar-refractivity contribution in [2.45, 2.75) is 52.1 Å². The van der Waals surface area contributed by atoms with Crippen molar-refractivity contribution >= 4 is 23.3 Å². The van der Waals surface area contributed by atoms with Gasteiger partial charge in [0.1, 0.15) is 0 Å². The van der Waals surface area contributed by atoms with E-state index in [1.807, 2.05) is 0 Å². The number of hydrogen-bond acceptors (Lipinski definition) is 3. The average Bonchev–Trinajstić information content (AvgIpc) is 3.04. The molecule has 0 radical (unpaired) electrons. The van der Waals surface area contributed by atoms with Gasteiger partial charge in [-0.25, -0.2) is 13.2 Å². The highest BCUT2D eigenvalue weighted by Gasteiger charge is 2.30. The molecule has 2 amide bonds. The molecule has 3 rings (SSSR count). The summed E-state index contributed by atoms with van der Waals surface area (Å²) >= 11 is 0. The van der Waals surface area contributed by atoms with Crippen molar-refractivity contribution in [3.63, 3.8) is 0 Å². The van der Waals surface area contributed by atoms with Crippen molar-refractivity contribution in [3.05, 3.63) is 52.6 Å². The highest BCUT2D eigenvalue weighted by atomic mass is 19.2. The van der Waals surface area contributed by atoms with Gasteiger partial charge in [-0.05, 0) is 46.1 Å². The summed E-state index contributed by atoms with van der Waals surface area (Å²) in [5, 5.41) is 4.93. The SMILES string of the molecule is CC(C)(C)NC(=O)C(=O)c1cc(C(=O)Nc2cc(F)c(F)c(F)c2)c2n1CCCC2. The molecule has 9 heteroatoms. The third-order valence-corrected chi connectivity index (χ3v) is 4.67. The van der Waals surface area contributed by atoms with Crippen LogP contribution < -0.4 is 10.6 Å². The van der Waals surface area contributed by atoms with E-state index in [1.54, 1.807) is 25.3 Å². The van der Waals surface area contributed by atoms with Gasteiger partial charge in [-0.2, -0.15) is 0 Å². The second-order valence-corrected chi connectivity index (χ2v) is 8.24. The highest BCUT2D eigenvalue weighted by Crippen LogP contribution is 2.26. The number of Topliss-reactive ketones (excluding diaryl/α,β-unsaturated/α-hetero) is 1. The fraction of sp³-hybridized carbons (Fsp3) is 0.381. The number of halogens is 3. The topological polar surface area (TPSA) is 80.2 Å². The van der Waals surface area contributed by atoms with E-state index in [0.717, 1.165) is 12.8 Å². The van der Waals surface area contributed by atoms with Crippen LogP contribution in [0.15, 0.2) is 18.2 Å². The lowest BCUT2D eigenvalue weighted by molar-refractivity contribution is -0.118. The number of carbonyl (C=O) groups is 3. The number of nitrogens with zero attached hydrogens (tertiary/aromatic N) is 1. The van der Waals surface area contributed by atoms with Gasteiger partial charge in [-0.15, -0.1) is 0 Å². The van der Waals surface area contributed by atoms with Crippen LogP contribution in [0.25, 0.3) is 0 Å². The van der Waals surface area contributed by atoms with E-state index >= 15 is 0 Å². The van der Waals surface area contributed by atoms with Crippen LogP contribution >= 0.6 is 0 Å². The number of benzene rings is 1. The number of amides is 2. The van der Waals surface area contributed by atoms with E-state index in [1.165, 1.54) is 6.07 Å². The van der Waals surface area contributed by atoms with Crippen LogP contribution in [0.4, 0.5) is 18.9 Å². The van der Waals surface area contributed by atoms with Gasteiger partial charge in [-0.3, -0.25) is 14.4 Å². The van der Waals surface area contributed by atoms with E-state index in [-0.39, 0.29) is 16.9 Å². The minimum Gasteiger partial charge on any atom is -0.345 e. The van der Waals surface area contributed by atoms with Gasteiger partial charge in [0.15, 0.2) is 17.5 Å². The number of nitrogens with one attached hydrogen (secondary N) is 2. The van der Waals surface area contributed by atoms with E-state index in [2.05, 4.69) is 10.6 Å². The number of rotatable bonds is 4. The normalized spacial score (nSPS) is 13.5. The van der Waals surface area contributed by atoms with Crippen molar-refractivity contribution in [2.75, 3.05) is 5.32 Å². The Morgan fingerprint density at radius 1 is 1.00 bits per heavy atom. The van der Waals surface area contributed by atoms with Gasteiger partial charge in [0.2, 0.25) is 0 Å². The fourth-order valence-electron chi connectivity index (χ4n) is 3.40. The van der Waals surface area contributed by atoms with E-state index in [0.29, 0.717) is 30.8 Å². The van der Waals surface area contributed by atoms with E-state index < -0.39 is 40.6 Å². The molecular formula is C21H22F3N3O3. The lowest BCUT2D eigenvalue weighted by Crippen LogP contribution is -2.44. The summed E-state index contributed by atoms with van der Waals surface area (Å²) in [6, 6.07) is 2.65. The van der Waals surface area contributed by atoms with Crippen LogP contribution in [0.2, 0.25) is 0 Å². The van der Waals surface area contributed by atoms with Crippen LogP contribution in [-0.4, -0.2) is 27.7 Å². The van der Waals surface area contributed by atoms with Crippen LogP contribution in [0.5, 0.6) is 0 Å². The number of carbonyl (C=O) groups excluding carboxylic acids is 3. The molecule has 1 aromatic carbocycles. The quantitative estimate of drug-likeness (QED) is 0.450. The molecule has 0 atom stereocenters. The summed E-state index contributed by atoms with van der Waals surface area (Å²) < 4.78 is 41.7. The Labute approximate surface area is 171 Å². The zero-order chi connectivity index (χ0) is 22.2. The average molecular weight is 421 g/mol. The predicted molar refractivity (Wildman–Crippen MR) is 104 cm³/mol. The van der Waals surface area contributed by atoms with Gasteiger partial charge < -0.3 is 15.2 Å². The maximum Gasteiger partial charge on any atom is 0.294 e. The van der Waals surface area contributed by atoms with Gasteiger partial charge in [0, 0.05) is 35.6 Å². The number of fused-ring (bicyclic) bond motifs is 1. The van der Waals surface area contributed by atoms with Crippen LogP contribution in [0.1, 0.15) is 60.2 Å². The van der Waals surface area contributed by atoms with Gasteiger partial charge in [0.05, 0.1) is 11.3 Å². The second-order valence-electron chi connectivity index (χ2n) is 8.24. The fourth-order valence-corrected chi connectivity index (χ4v) is 3.40. The molecule has 0 saturated carbocycles. The maximum atomic E-state index is 13.4. The zero-order valence-electron chi connectivity index (χ0n) is 16.9. The molecule has 1 aliphatic heterocycles. The molecule has 1 aliphatic rings. The molecule has 6 nitrogen and oxygen atoms in total. The van der Waals surface area contributed by atoms with Crippen LogP contribution in [0, 0.1) is 17.5 Å². The Bertz CT molecular complexity index is 1020. The third kappa shape index (κ3) is 4.39. The molecule has 2 aromatic rings. The smallest absolute Gasteiger partial charge is 0.294 e. The van der Waals surface area contributed by atoms with Crippen molar-refractivity contribution < 1.29 is 27.6 Å². The lowest BCUT2D eigenvalue weighted by Gasteiger charge is -2.21. The van der Waals surface area contributed by atoms with Gasteiger partial charge >= 0.3 is 0 Å². The molecule has 0 bridgehead atoms. The van der Waals surface area contributed by atoms with Crippen molar-refractivity contribution in [3.8, 4) is 0 Å². The summed E-state index contributed by atoms with van der Waals surface area (Å²) in [6.07, 6.45) is 2.06. The second kappa shape index (κ2) is 7.97.